The first-order valence-corrected chi connectivity index (χ1v) is 16.5. The Bertz CT molecular complexity index is 1540. The Hall–Kier alpha value is -4.43. The molecule has 2 heterocycles. The molecule has 0 saturated heterocycles. The van der Waals surface area contributed by atoms with Crippen LogP contribution in [0.2, 0.25) is 0 Å². The zero-order valence-corrected chi connectivity index (χ0v) is 26.7. The van der Waals surface area contributed by atoms with Crippen LogP contribution >= 0.6 is 0 Å². The van der Waals surface area contributed by atoms with Crippen molar-refractivity contribution < 1.29 is 9.15 Å². The second-order valence-electron chi connectivity index (χ2n) is 12.3. The van der Waals surface area contributed by atoms with Crippen molar-refractivity contribution in [1.29, 1.82) is 0 Å². The van der Waals surface area contributed by atoms with Gasteiger partial charge < -0.3 is 0 Å². The van der Waals surface area contributed by atoms with Crippen molar-refractivity contribution in [2.75, 3.05) is 26.2 Å². The number of rotatable bonds is 10. The van der Waals surface area contributed by atoms with Crippen LogP contribution in [-0.2, 0) is 0 Å². The lowest BCUT2D eigenvalue weighted by Gasteiger charge is -2.44. The average Bonchev–Trinajstić information content (AvgIpc) is 3.59. The predicted molar refractivity (Wildman–Crippen MR) is 194 cm³/mol. The summed E-state index contributed by atoms with van der Waals surface area (Å²) < 4.78 is 4.92. The quantitative estimate of drug-likeness (QED) is 0.142. The maximum Gasteiger partial charge on any atom is 0.139 e. The summed E-state index contributed by atoms with van der Waals surface area (Å²) >= 11 is 0. The van der Waals surface area contributed by atoms with Gasteiger partial charge >= 0.3 is 0 Å². The van der Waals surface area contributed by atoms with Gasteiger partial charge in [0.15, 0.2) is 0 Å². The van der Waals surface area contributed by atoms with E-state index in [0.717, 1.165) is 26.2 Å². The predicted octanol–water partition coefficient (Wildman–Crippen LogP) is 5.09. The van der Waals surface area contributed by atoms with Gasteiger partial charge in [-0.3, -0.25) is 0 Å². The average molecular weight is 574 g/mol. The molecule has 0 N–H and O–H groups in total. The van der Waals surface area contributed by atoms with Crippen molar-refractivity contribution in [3.05, 3.63) is 155 Å². The molecule has 0 radical (unpaired) electrons. The summed E-state index contributed by atoms with van der Waals surface area (Å²) in [7, 11) is 0. The van der Waals surface area contributed by atoms with E-state index >= 15 is 0 Å². The third-order valence-corrected chi connectivity index (χ3v) is 10.4. The maximum atomic E-state index is 2.59. The Morgan fingerprint density at radius 1 is 0.409 bits per heavy atom. The van der Waals surface area contributed by atoms with Crippen LogP contribution in [0.1, 0.15) is 27.7 Å². The molecule has 4 aromatic rings. The lowest BCUT2D eigenvalue weighted by atomic mass is 9.11. The van der Waals surface area contributed by atoms with Crippen LogP contribution in [0.25, 0.3) is 0 Å². The van der Waals surface area contributed by atoms with E-state index in [0.29, 0.717) is 0 Å². The molecule has 220 valence electrons. The maximum absolute atomic E-state index is 2.59. The third-order valence-electron chi connectivity index (χ3n) is 10.4. The van der Waals surface area contributed by atoms with Gasteiger partial charge in [0.25, 0.3) is 0 Å². The highest BCUT2D eigenvalue weighted by molar-refractivity contribution is 7.22. The monoisotopic (exact) mass is 574 g/mol. The second-order valence-corrected chi connectivity index (χ2v) is 12.3. The minimum Gasteiger partial charge on any atom is -0.239 e. The Balaban J connectivity index is 1.81. The molecule has 0 aliphatic carbocycles. The van der Waals surface area contributed by atoms with Gasteiger partial charge in [-0.05, 0) is 27.7 Å². The Morgan fingerprint density at radius 2 is 0.659 bits per heavy atom. The van der Waals surface area contributed by atoms with Crippen LogP contribution < -0.4 is 21.9 Å². The van der Waals surface area contributed by atoms with E-state index in [-0.39, 0.29) is 0 Å². The topological polar surface area (TPSA) is 6.02 Å². The van der Waals surface area contributed by atoms with Gasteiger partial charge in [-0.1, -0.05) is 121 Å². The van der Waals surface area contributed by atoms with Crippen LogP contribution in [0.5, 0.6) is 0 Å². The van der Waals surface area contributed by atoms with Crippen molar-refractivity contribution >= 4 is 46.6 Å². The molecule has 4 aromatic carbocycles. The first-order chi connectivity index (χ1) is 21.6. The van der Waals surface area contributed by atoms with Crippen LogP contribution in [0.3, 0.4) is 0 Å². The van der Waals surface area contributed by atoms with E-state index in [1.165, 1.54) is 43.7 Å². The number of hydrogen-bond donors (Lipinski definition) is 0. The molecule has 0 fully saturated rings. The van der Waals surface area contributed by atoms with Crippen molar-refractivity contribution in [3.63, 3.8) is 0 Å². The van der Waals surface area contributed by atoms with Crippen LogP contribution in [0.4, 0.5) is 0 Å². The van der Waals surface area contributed by atoms with Crippen molar-refractivity contribution in [3.8, 4) is 0 Å². The van der Waals surface area contributed by atoms with Crippen LogP contribution in [-0.4, -0.2) is 60.1 Å². The van der Waals surface area contributed by atoms with E-state index in [1.54, 1.807) is 0 Å². The van der Waals surface area contributed by atoms with Gasteiger partial charge in [-0.2, -0.15) is 21.9 Å². The normalized spacial score (nSPS) is 16.2. The molecule has 2 nitrogen and oxygen atoms in total. The van der Waals surface area contributed by atoms with E-state index in [2.05, 4.69) is 183 Å². The molecule has 2 aliphatic rings. The molecule has 0 amide bonds. The SMILES string of the molecule is CC[N+](=CC1=CC2=C(C=C(C=[N+](CC)CC)[B-]2(c2ccccc2)c2ccccc2)[B-]1(c1ccccc1)c1ccccc1)CC. The highest BCUT2D eigenvalue weighted by Gasteiger charge is 2.47. The number of benzene rings is 4. The molecule has 44 heavy (non-hydrogen) atoms. The van der Waals surface area contributed by atoms with Crippen molar-refractivity contribution in [2.24, 2.45) is 0 Å². The van der Waals surface area contributed by atoms with E-state index in [1.807, 2.05) is 0 Å². The molecule has 0 bridgehead atoms. The van der Waals surface area contributed by atoms with Gasteiger partial charge in [0.2, 0.25) is 0 Å². The van der Waals surface area contributed by atoms with Gasteiger partial charge in [-0.15, -0.1) is 23.1 Å². The first kappa shape index (κ1) is 29.6. The first-order valence-electron chi connectivity index (χ1n) is 16.5. The molecule has 0 unspecified atom stereocenters. The smallest absolute Gasteiger partial charge is 0.139 e. The van der Waals surface area contributed by atoms with Gasteiger partial charge in [-0.25, -0.2) is 20.1 Å². The standard InChI is InChI=1S/C40H44B2N2/c1-5-43(6-2)31-37-29-39-40(41(37,33-21-13-9-14-22-33)34-23-15-10-16-24-34)30-38(32-44(7-3)8-4)42(39,35-25-17-11-18-26-35)36-27-19-12-20-28-36/h9-32H,5-8H2,1-4H3. The molecule has 2 aliphatic heterocycles. The summed E-state index contributed by atoms with van der Waals surface area (Å²) in [6.07, 6.45) is 7.23. The van der Waals surface area contributed by atoms with Gasteiger partial charge in [0.05, 0.1) is 0 Å². The lowest BCUT2D eigenvalue weighted by Crippen LogP contribution is -2.62. The van der Waals surface area contributed by atoms with E-state index < -0.39 is 12.3 Å². The van der Waals surface area contributed by atoms with Crippen molar-refractivity contribution in [1.82, 2.24) is 0 Å². The summed E-state index contributed by atoms with van der Waals surface area (Å²) in [5.41, 5.74) is 11.2. The molecule has 0 saturated carbocycles. The van der Waals surface area contributed by atoms with Crippen LogP contribution in [0.15, 0.2) is 155 Å². The highest BCUT2D eigenvalue weighted by Crippen LogP contribution is 2.45. The molecule has 0 atom stereocenters. The van der Waals surface area contributed by atoms with Crippen LogP contribution in [0, 0.1) is 0 Å². The van der Waals surface area contributed by atoms with Gasteiger partial charge in [0.1, 0.15) is 50.9 Å². The second kappa shape index (κ2) is 12.7. The Kier molecular flexibility index (Phi) is 8.53. The Morgan fingerprint density at radius 3 is 0.886 bits per heavy atom. The molecule has 4 heteroatoms. The van der Waals surface area contributed by atoms with E-state index in [9.17, 15) is 0 Å². The molecular weight excluding hydrogens is 530 g/mol. The largest absolute Gasteiger partial charge is 0.239 e. The number of hydrogen-bond acceptors (Lipinski definition) is 0. The molecular formula is C40H44B2N2. The fraction of sp³-hybridized carbons (Fsp3) is 0.200. The summed E-state index contributed by atoms with van der Waals surface area (Å²) in [6.45, 7) is 12.9. The Labute approximate surface area is 264 Å². The molecule has 0 spiro atoms. The summed E-state index contributed by atoms with van der Waals surface area (Å²) in [5.74, 6) is 0. The highest BCUT2D eigenvalue weighted by atomic mass is 15.0. The summed E-state index contributed by atoms with van der Waals surface area (Å²) in [6, 6.07) is 45.1. The van der Waals surface area contributed by atoms with Crippen molar-refractivity contribution in [2.45, 2.75) is 27.7 Å². The number of allylic oxidation sites excluding steroid dienone is 6. The molecule has 0 aromatic heterocycles. The lowest BCUT2D eigenvalue weighted by molar-refractivity contribution is -0.515. The zero-order valence-electron chi connectivity index (χ0n) is 26.7. The minimum atomic E-state index is -1.45. The fourth-order valence-electron chi connectivity index (χ4n) is 8.26. The number of nitrogens with zero attached hydrogens (tertiary/aromatic N) is 2. The van der Waals surface area contributed by atoms with E-state index in [4.69, 9.17) is 0 Å². The summed E-state index contributed by atoms with van der Waals surface area (Å²) in [5, 5.41) is 0. The zero-order chi connectivity index (χ0) is 30.6. The minimum absolute atomic E-state index is 0.971. The fourth-order valence-corrected chi connectivity index (χ4v) is 8.26. The van der Waals surface area contributed by atoms with Gasteiger partial charge in [0, 0.05) is 0 Å². The third kappa shape index (κ3) is 4.68. The molecule has 6 rings (SSSR count). The summed E-state index contributed by atoms with van der Waals surface area (Å²) in [4.78, 5) is 0.